The van der Waals surface area contributed by atoms with E-state index in [-0.39, 0.29) is 0 Å². The normalized spacial score (nSPS) is 16.3. The molecule has 0 atom stereocenters. The number of benzene rings is 2. The molecule has 36 heavy (non-hydrogen) atoms. The van der Waals surface area contributed by atoms with Gasteiger partial charge in [0, 0.05) is 34.9 Å². The summed E-state index contributed by atoms with van der Waals surface area (Å²) < 4.78 is 8.72. The van der Waals surface area contributed by atoms with E-state index in [9.17, 15) is 0 Å². The number of aryl methyl sites for hydroxylation is 2. The van der Waals surface area contributed by atoms with Gasteiger partial charge in [0.25, 0.3) is 0 Å². The molecule has 0 unspecified atom stereocenters. The highest BCUT2D eigenvalue weighted by atomic mass is 16.5. The Bertz CT molecular complexity index is 1680. The van der Waals surface area contributed by atoms with Crippen LogP contribution in [0, 0.1) is 13.8 Å². The Balaban J connectivity index is 1.50. The van der Waals surface area contributed by atoms with Crippen molar-refractivity contribution >= 4 is 22.3 Å². The minimum atomic E-state index is 0.471. The molecule has 1 saturated carbocycles. The van der Waals surface area contributed by atoms with Gasteiger partial charge in [0.1, 0.15) is 23.7 Å². The van der Waals surface area contributed by atoms with Gasteiger partial charge >= 0.3 is 0 Å². The second kappa shape index (κ2) is 7.84. The Morgan fingerprint density at radius 2 is 1.94 bits per heavy atom. The molecule has 0 amide bonds. The summed E-state index contributed by atoms with van der Waals surface area (Å²) >= 11 is 0. The van der Waals surface area contributed by atoms with Crippen molar-refractivity contribution in [2.24, 2.45) is 0 Å². The first-order valence-electron chi connectivity index (χ1n) is 12.2. The van der Waals surface area contributed by atoms with Gasteiger partial charge in [0.15, 0.2) is 5.65 Å². The summed E-state index contributed by atoms with van der Waals surface area (Å²) in [5.74, 6) is 2.96. The van der Waals surface area contributed by atoms with Crippen molar-refractivity contribution in [3.8, 4) is 11.4 Å². The van der Waals surface area contributed by atoms with Crippen molar-refractivity contribution < 1.29 is 4.74 Å². The Morgan fingerprint density at radius 3 is 2.75 bits per heavy atom. The fourth-order valence-corrected chi connectivity index (χ4v) is 5.28. The van der Waals surface area contributed by atoms with Crippen LogP contribution in [0.1, 0.15) is 65.1 Å². The van der Waals surface area contributed by atoms with Gasteiger partial charge in [0.2, 0.25) is 5.82 Å². The number of imidazole rings is 1. The number of hydrogen-bond donors (Lipinski definition) is 1. The highest BCUT2D eigenvalue weighted by Gasteiger charge is 2.32. The van der Waals surface area contributed by atoms with Gasteiger partial charge in [-0.05, 0) is 73.2 Å². The maximum absolute atomic E-state index is 6.49. The van der Waals surface area contributed by atoms with Gasteiger partial charge in [0.05, 0.1) is 5.69 Å². The molecule has 4 heterocycles. The Kier molecular flexibility index (Phi) is 4.57. The molecule has 5 aromatic rings. The Labute approximate surface area is 208 Å². The Hall–Kier alpha value is -4.33. The van der Waals surface area contributed by atoms with E-state index in [0.29, 0.717) is 18.3 Å². The summed E-state index contributed by atoms with van der Waals surface area (Å²) in [7, 11) is 0. The third-order valence-corrected chi connectivity index (χ3v) is 7.23. The van der Waals surface area contributed by atoms with E-state index in [1.807, 2.05) is 25.3 Å². The van der Waals surface area contributed by atoms with Crippen LogP contribution in [0.15, 0.2) is 48.7 Å². The molecule has 0 radical (unpaired) electrons. The van der Waals surface area contributed by atoms with Crippen LogP contribution < -0.4 is 4.74 Å². The van der Waals surface area contributed by atoms with Crippen molar-refractivity contribution in [1.29, 1.82) is 0 Å². The molecule has 1 aliphatic carbocycles. The van der Waals surface area contributed by atoms with Crippen molar-refractivity contribution in [3.63, 3.8) is 0 Å². The average molecular weight is 476 g/mol. The van der Waals surface area contributed by atoms with Gasteiger partial charge in [-0.3, -0.25) is 4.57 Å². The molecule has 0 saturated heterocycles. The van der Waals surface area contributed by atoms with Crippen molar-refractivity contribution in [1.82, 2.24) is 35.2 Å². The molecule has 0 spiro atoms. The third kappa shape index (κ3) is 3.17. The SMILES string of the molecule is C/C(=C1\c2ccccc2COc2cc(-n3c(C4CC4)nc4c(C)ccnc43)cc(C)c21)c1nn[nH]n1. The van der Waals surface area contributed by atoms with Crippen molar-refractivity contribution in [2.75, 3.05) is 0 Å². The number of H-pyrrole nitrogens is 1. The van der Waals surface area contributed by atoms with Crippen LogP contribution in [0.25, 0.3) is 28.0 Å². The molecule has 2 aliphatic rings. The summed E-state index contributed by atoms with van der Waals surface area (Å²) in [6.45, 7) is 6.75. The minimum Gasteiger partial charge on any atom is -0.488 e. The van der Waals surface area contributed by atoms with E-state index in [4.69, 9.17) is 14.7 Å². The average Bonchev–Trinajstić information content (AvgIpc) is 3.47. The van der Waals surface area contributed by atoms with Gasteiger partial charge in [-0.25, -0.2) is 9.97 Å². The number of hydrogen-bond acceptors (Lipinski definition) is 6. The third-order valence-electron chi connectivity index (χ3n) is 7.23. The number of tetrazole rings is 1. The maximum Gasteiger partial charge on any atom is 0.201 e. The highest BCUT2D eigenvalue weighted by Crippen LogP contribution is 2.45. The Morgan fingerprint density at radius 1 is 1.08 bits per heavy atom. The lowest BCUT2D eigenvalue weighted by atomic mass is 9.88. The molecule has 7 rings (SSSR count). The van der Waals surface area contributed by atoms with Crippen LogP contribution in [-0.2, 0) is 6.61 Å². The lowest BCUT2D eigenvalue weighted by Gasteiger charge is -2.18. The zero-order valence-electron chi connectivity index (χ0n) is 20.4. The largest absolute Gasteiger partial charge is 0.488 e. The number of aromatic amines is 1. The molecule has 1 N–H and O–H groups in total. The zero-order chi connectivity index (χ0) is 24.4. The van der Waals surface area contributed by atoms with Crippen LogP contribution in [0.4, 0.5) is 0 Å². The van der Waals surface area contributed by atoms with E-state index < -0.39 is 0 Å². The first kappa shape index (κ1) is 21.0. The molecule has 0 bridgehead atoms. The summed E-state index contributed by atoms with van der Waals surface area (Å²) in [4.78, 5) is 9.79. The molecule has 1 fully saturated rings. The fraction of sp³-hybridized carbons (Fsp3) is 0.250. The van der Waals surface area contributed by atoms with Crippen LogP contribution in [0.5, 0.6) is 5.75 Å². The summed E-state index contributed by atoms with van der Waals surface area (Å²) in [5, 5.41) is 14.9. The number of allylic oxidation sites excluding steroid dienone is 1. The minimum absolute atomic E-state index is 0.471. The van der Waals surface area contributed by atoms with Gasteiger partial charge in [-0.2, -0.15) is 5.21 Å². The summed E-state index contributed by atoms with van der Waals surface area (Å²) in [6, 6.07) is 14.7. The van der Waals surface area contributed by atoms with Crippen LogP contribution >= 0.6 is 0 Å². The van der Waals surface area contributed by atoms with Crippen molar-refractivity contribution in [2.45, 2.75) is 46.1 Å². The predicted octanol–water partition coefficient (Wildman–Crippen LogP) is 5.30. The van der Waals surface area contributed by atoms with Crippen LogP contribution in [0.3, 0.4) is 0 Å². The molecule has 8 heteroatoms. The zero-order valence-corrected chi connectivity index (χ0v) is 20.4. The van der Waals surface area contributed by atoms with E-state index in [0.717, 1.165) is 80.2 Å². The maximum atomic E-state index is 6.49. The summed E-state index contributed by atoms with van der Waals surface area (Å²) in [6.07, 6.45) is 4.19. The van der Waals surface area contributed by atoms with E-state index in [1.165, 1.54) is 0 Å². The molecule has 3 aromatic heterocycles. The number of ether oxygens (including phenoxy) is 1. The number of pyridine rings is 1. The molecule has 8 nitrogen and oxygen atoms in total. The van der Waals surface area contributed by atoms with Crippen molar-refractivity contribution in [3.05, 3.63) is 88.1 Å². The van der Waals surface area contributed by atoms with Crippen LogP contribution in [-0.4, -0.2) is 35.2 Å². The lowest BCUT2D eigenvalue weighted by molar-refractivity contribution is 0.307. The molecule has 2 aromatic carbocycles. The number of nitrogens with zero attached hydrogens (tertiary/aromatic N) is 6. The topological polar surface area (TPSA) is 94.4 Å². The molecular formula is C28H25N7O. The highest BCUT2D eigenvalue weighted by molar-refractivity contribution is 6.00. The molecule has 178 valence electrons. The second-order valence-corrected chi connectivity index (χ2v) is 9.70. The predicted molar refractivity (Wildman–Crippen MR) is 137 cm³/mol. The first-order chi connectivity index (χ1) is 17.6. The smallest absolute Gasteiger partial charge is 0.201 e. The van der Waals surface area contributed by atoms with Gasteiger partial charge in [-0.1, -0.05) is 24.3 Å². The van der Waals surface area contributed by atoms with E-state index in [1.54, 1.807) is 0 Å². The first-order valence-corrected chi connectivity index (χ1v) is 12.2. The quantitative estimate of drug-likeness (QED) is 0.381. The van der Waals surface area contributed by atoms with Crippen LogP contribution in [0.2, 0.25) is 0 Å². The van der Waals surface area contributed by atoms with E-state index in [2.05, 4.69) is 69.4 Å². The van der Waals surface area contributed by atoms with Gasteiger partial charge in [-0.15, -0.1) is 10.2 Å². The standard InChI is InChI=1S/C28H25N7O/c1-15-10-11-29-28-25(15)30-27(18-8-9-18)35(28)20-12-16(2)23-22(13-20)36-14-19-6-4-5-7-21(19)24(23)17(3)26-31-33-34-32-26/h4-7,10-13,18H,8-9,14H2,1-3H3,(H,31,32,33,34)/b24-17-. The number of fused-ring (bicyclic) bond motifs is 3. The molecule has 1 aliphatic heterocycles. The van der Waals surface area contributed by atoms with Gasteiger partial charge < -0.3 is 4.74 Å². The number of aromatic nitrogens is 7. The fourth-order valence-electron chi connectivity index (χ4n) is 5.28. The monoisotopic (exact) mass is 475 g/mol. The number of rotatable bonds is 3. The second-order valence-electron chi connectivity index (χ2n) is 9.70. The molecular weight excluding hydrogens is 450 g/mol. The van der Waals surface area contributed by atoms with E-state index >= 15 is 0 Å². The lowest BCUT2D eigenvalue weighted by Crippen LogP contribution is -2.04. The summed E-state index contributed by atoms with van der Waals surface area (Å²) in [5.41, 5.74) is 10.4. The number of nitrogens with one attached hydrogen (secondary N) is 1.